The van der Waals surface area contributed by atoms with Gasteiger partial charge in [0, 0.05) is 13.0 Å². The van der Waals surface area contributed by atoms with Gasteiger partial charge in [0.1, 0.15) is 19.3 Å². The Hall–Kier alpha value is -1.54. The minimum Gasteiger partial charge on any atom is -0.756 e. The summed E-state index contributed by atoms with van der Waals surface area (Å²) >= 11 is 0. The second kappa shape index (κ2) is 28.9. The molecule has 2 atom stereocenters. The van der Waals surface area contributed by atoms with Crippen molar-refractivity contribution >= 4 is 13.8 Å². The molecule has 0 saturated carbocycles. The fourth-order valence-electron chi connectivity index (χ4n) is 4.03. The van der Waals surface area contributed by atoms with E-state index in [9.17, 15) is 14.3 Å². The lowest BCUT2D eigenvalue weighted by Crippen LogP contribution is -2.37. The third-order valence-corrected chi connectivity index (χ3v) is 7.62. The quantitative estimate of drug-likeness (QED) is 0.0256. The van der Waals surface area contributed by atoms with E-state index in [1.807, 2.05) is 33.3 Å². The summed E-state index contributed by atoms with van der Waals surface area (Å²) in [5.41, 5.74) is 0. The molecule has 44 heavy (non-hydrogen) atoms. The van der Waals surface area contributed by atoms with Gasteiger partial charge in [0.15, 0.2) is 0 Å². The highest BCUT2D eigenvalue weighted by Gasteiger charge is 2.20. The summed E-state index contributed by atoms with van der Waals surface area (Å²) < 4.78 is 34.1. The van der Waals surface area contributed by atoms with Crippen molar-refractivity contribution in [1.82, 2.24) is 0 Å². The van der Waals surface area contributed by atoms with Gasteiger partial charge in [-0.05, 0) is 38.5 Å². The van der Waals surface area contributed by atoms with Crippen molar-refractivity contribution < 1.29 is 37.3 Å². The SMILES string of the molecule is CC/C=C\C/C=C\C/C=C\C/C=C\CCC(=O)OC(COCCCCCCCCCCC)COP(=O)([O-])OCC[N+](C)(C)C. The Morgan fingerprint density at radius 2 is 1.27 bits per heavy atom. The molecule has 9 heteroatoms. The van der Waals surface area contributed by atoms with Crippen molar-refractivity contribution in [3.63, 3.8) is 0 Å². The number of hydrogen-bond acceptors (Lipinski definition) is 7. The first kappa shape index (κ1) is 42.5. The molecule has 0 heterocycles. The van der Waals surface area contributed by atoms with Crippen LogP contribution in [0, 0.1) is 0 Å². The number of esters is 1. The molecule has 0 spiro atoms. The lowest BCUT2D eigenvalue weighted by molar-refractivity contribution is -0.870. The standard InChI is InChI=1S/C35H64NO7P/c1-6-8-10-12-14-16-17-18-19-20-22-24-26-28-35(37)43-34(33-42-44(38,39)41-31-29-36(3,4)5)32-40-30-27-25-23-21-15-13-11-9-7-2/h8,10,14,16,18-19,22,24,34H,6-7,9,11-13,15,17,20-21,23,25-33H2,1-5H3/b10-8-,16-14-,19-18-,24-22-. The minimum absolute atomic E-state index is 0.0126. The van der Waals surface area contributed by atoms with Crippen molar-refractivity contribution in [3.8, 4) is 0 Å². The highest BCUT2D eigenvalue weighted by Crippen LogP contribution is 2.38. The van der Waals surface area contributed by atoms with Crippen LogP contribution in [-0.4, -0.2) is 70.7 Å². The number of allylic oxidation sites excluding steroid dienone is 8. The summed E-state index contributed by atoms with van der Waals surface area (Å²) in [5, 5.41) is 0. The highest BCUT2D eigenvalue weighted by molar-refractivity contribution is 7.45. The van der Waals surface area contributed by atoms with E-state index in [0.29, 0.717) is 24.1 Å². The minimum atomic E-state index is -4.53. The molecule has 0 fully saturated rings. The van der Waals surface area contributed by atoms with E-state index in [1.54, 1.807) is 0 Å². The molecule has 0 saturated heterocycles. The second-order valence-corrected chi connectivity index (χ2v) is 13.6. The fourth-order valence-corrected chi connectivity index (χ4v) is 4.76. The maximum atomic E-state index is 12.5. The van der Waals surface area contributed by atoms with E-state index in [-0.39, 0.29) is 26.2 Å². The number of nitrogens with zero attached hydrogens (tertiary/aromatic N) is 1. The van der Waals surface area contributed by atoms with Gasteiger partial charge in [-0.2, -0.15) is 0 Å². The Morgan fingerprint density at radius 3 is 1.84 bits per heavy atom. The van der Waals surface area contributed by atoms with Gasteiger partial charge in [0.05, 0.1) is 34.4 Å². The van der Waals surface area contributed by atoms with E-state index >= 15 is 0 Å². The zero-order valence-electron chi connectivity index (χ0n) is 28.6. The molecule has 2 unspecified atom stereocenters. The van der Waals surface area contributed by atoms with Crippen LogP contribution in [-0.2, 0) is 27.9 Å². The third kappa shape index (κ3) is 31.9. The Kier molecular flexibility index (Phi) is 27.9. The molecular weight excluding hydrogens is 577 g/mol. The molecule has 0 aliphatic carbocycles. The van der Waals surface area contributed by atoms with Crippen molar-refractivity contribution in [1.29, 1.82) is 0 Å². The summed E-state index contributed by atoms with van der Waals surface area (Å²) in [6.07, 6.45) is 31.4. The number of phosphoric acid groups is 1. The molecule has 0 aromatic carbocycles. The monoisotopic (exact) mass is 641 g/mol. The topological polar surface area (TPSA) is 94.1 Å². The van der Waals surface area contributed by atoms with Crippen LogP contribution < -0.4 is 4.89 Å². The van der Waals surface area contributed by atoms with E-state index < -0.39 is 19.9 Å². The van der Waals surface area contributed by atoms with Gasteiger partial charge in [-0.15, -0.1) is 0 Å². The van der Waals surface area contributed by atoms with Gasteiger partial charge in [0.25, 0.3) is 7.82 Å². The van der Waals surface area contributed by atoms with Crippen LogP contribution in [0.5, 0.6) is 0 Å². The van der Waals surface area contributed by atoms with Crippen molar-refractivity contribution in [2.45, 2.75) is 116 Å². The predicted molar refractivity (Wildman–Crippen MR) is 180 cm³/mol. The van der Waals surface area contributed by atoms with Crippen LogP contribution in [0.15, 0.2) is 48.6 Å². The highest BCUT2D eigenvalue weighted by atomic mass is 31.2. The largest absolute Gasteiger partial charge is 0.756 e. The first-order valence-electron chi connectivity index (χ1n) is 16.9. The number of phosphoric ester groups is 1. The van der Waals surface area contributed by atoms with Crippen LogP contribution in [0.25, 0.3) is 0 Å². The van der Waals surface area contributed by atoms with Gasteiger partial charge in [-0.25, -0.2) is 0 Å². The number of hydrogen-bond donors (Lipinski definition) is 0. The van der Waals surface area contributed by atoms with Crippen molar-refractivity contribution in [3.05, 3.63) is 48.6 Å². The molecule has 0 aliphatic rings. The molecule has 0 aromatic rings. The van der Waals surface area contributed by atoms with Crippen molar-refractivity contribution in [2.24, 2.45) is 0 Å². The van der Waals surface area contributed by atoms with Crippen molar-refractivity contribution in [2.75, 3.05) is 54.1 Å². The average Bonchev–Trinajstić information content (AvgIpc) is 2.96. The number of carbonyl (C=O) groups is 1. The van der Waals surface area contributed by atoms with Crippen LogP contribution in [0.1, 0.15) is 110 Å². The fraction of sp³-hybridized carbons (Fsp3) is 0.743. The molecule has 256 valence electrons. The summed E-state index contributed by atoms with van der Waals surface area (Å²) in [6.45, 7) is 5.14. The van der Waals surface area contributed by atoms with Crippen LogP contribution in [0.4, 0.5) is 0 Å². The van der Waals surface area contributed by atoms with Gasteiger partial charge >= 0.3 is 5.97 Å². The molecular formula is C35H64NO7P. The number of likely N-dealkylation sites (N-methyl/N-ethyl adjacent to an activating group) is 1. The number of quaternary nitrogens is 1. The lowest BCUT2D eigenvalue weighted by Gasteiger charge is -2.28. The van der Waals surface area contributed by atoms with Gasteiger partial charge < -0.3 is 27.9 Å². The third-order valence-electron chi connectivity index (χ3n) is 6.66. The van der Waals surface area contributed by atoms with Crippen LogP contribution in [0.3, 0.4) is 0 Å². The Bertz CT molecular complexity index is 849. The maximum absolute atomic E-state index is 12.5. The molecule has 0 amide bonds. The van der Waals surface area contributed by atoms with E-state index in [0.717, 1.165) is 38.5 Å². The maximum Gasteiger partial charge on any atom is 0.306 e. The lowest BCUT2D eigenvalue weighted by atomic mass is 10.1. The molecule has 0 N–H and O–H groups in total. The first-order valence-corrected chi connectivity index (χ1v) is 18.3. The summed E-state index contributed by atoms with van der Waals surface area (Å²) in [4.78, 5) is 24.7. The molecule has 0 aromatic heterocycles. The Balaban J connectivity index is 4.50. The van der Waals surface area contributed by atoms with Gasteiger partial charge in [0.2, 0.25) is 0 Å². The van der Waals surface area contributed by atoms with Crippen LogP contribution >= 0.6 is 7.82 Å². The summed E-state index contributed by atoms with van der Waals surface area (Å²) in [5.74, 6) is -0.417. The van der Waals surface area contributed by atoms with E-state index in [1.165, 1.54) is 44.9 Å². The van der Waals surface area contributed by atoms with Gasteiger partial charge in [-0.3, -0.25) is 9.36 Å². The smallest absolute Gasteiger partial charge is 0.306 e. The van der Waals surface area contributed by atoms with Crippen LogP contribution in [0.2, 0.25) is 0 Å². The molecule has 0 radical (unpaired) electrons. The second-order valence-electron chi connectivity index (χ2n) is 12.1. The summed E-state index contributed by atoms with van der Waals surface area (Å²) in [6, 6.07) is 0. The Morgan fingerprint density at radius 1 is 0.727 bits per heavy atom. The Labute approximate surface area is 269 Å². The molecule has 8 nitrogen and oxygen atoms in total. The first-order chi connectivity index (χ1) is 21.1. The summed E-state index contributed by atoms with van der Waals surface area (Å²) in [7, 11) is 1.30. The average molecular weight is 642 g/mol. The normalized spacial score (nSPS) is 14.8. The van der Waals surface area contributed by atoms with E-state index in [4.69, 9.17) is 18.5 Å². The molecule has 0 rings (SSSR count). The zero-order valence-corrected chi connectivity index (χ0v) is 29.5. The number of ether oxygens (including phenoxy) is 2. The zero-order chi connectivity index (χ0) is 32.8. The van der Waals surface area contributed by atoms with E-state index in [2.05, 4.69) is 50.3 Å². The predicted octanol–water partition coefficient (Wildman–Crippen LogP) is 8.24. The molecule has 0 aliphatic heterocycles. The number of unbranched alkanes of at least 4 members (excludes halogenated alkanes) is 8. The number of rotatable bonds is 30. The molecule has 0 bridgehead atoms. The van der Waals surface area contributed by atoms with Gasteiger partial charge in [-0.1, -0.05) is 114 Å². The number of carbonyl (C=O) groups excluding carboxylic acids is 1.